The summed E-state index contributed by atoms with van der Waals surface area (Å²) in [4.78, 5) is 8.94. The molecule has 3 heterocycles. The molecule has 2 saturated carbocycles. The summed E-state index contributed by atoms with van der Waals surface area (Å²) in [5.74, 6) is 1.10. The highest BCUT2D eigenvalue weighted by molar-refractivity contribution is 5.48. The zero-order valence-corrected chi connectivity index (χ0v) is 19.8. The van der Waals surface area contributed by atoms with Crippen LogP contribution < -0.4 is 4.74 Å². The molecule has 0 saturated heterocycles. The van der Waals surface area contributed by atoms with Crippen molar-refractivity contribution < 1.29 is 29.9 Å². The summed E-state index contributed by atoms with van der Waals surface area (Å²) in [6.45, 7) is 7.52. The largest absolute Gasteiger partial charge is 0.506 e. The van der Waals surface area contributed by atoms with Crippen LogP contribution in [0.15, 0.2) is 0 Å². The molecule has 4 N–H and O–H groups in total. The van der Waals surface area contributed by atoms with Gasteiger partial charge in [0.15, 0.2) is 0 Å². The van der Waals surface area contributed by atoms with Crippen molar-refractivity contribution >= 4 is 0 Å². The fraction of sp³-hybridized carbons (Fsp3) is 0.600. The number of aliphatic hydroxyl groups excluding tert-OH is 3. The van der Waals surface area contributed by atoms with E-state index in [4.69, 9.17) is 9.47 Å². The van der Waals surface area contributed by atoms with Gasteiger partial charge in [-0.25, -0.2) is 0 Å². The van der Waals surface area contributed by atoms with Crippen LogP contribution in [0.25, 0.3) is 0 Å². The van der Waals surface area contributed by atoms with Crippen LogP contribution in [0.2, 0.25) is 0 Å². The second-order valence-corrected chi connectivity index (χ2v) is 9.57. The summed E-state index contributed by atoms with van der Waals surface area (Å²) in [5, 5.41) is 37.8. The van der Waals surface area contributed by atoms with Crippen molar-refractivity contribution in [3.8, 4) is 11.5 Å². The molecule has 0 amide bonds. The minimum Gasteiger partial charge on any atom is -0.506 e. The molecule has 0 spiro atoms. The number of rotatable bonds is 5. The van der Waals surface area contributed by atoms with Gasteiger partial charge in [-0.2, -0.15) is 0 Å². The van der Waals surface area contributed by atoms with Crippen LogP contribution in [0.3, 0.4) is 0 Å². The molecule has 8 nitrogen and oxygen atoms in total. The Kier molecular flexibility index (Phi) is 6.64. The molecular weight excluding hydrogens is 424 g/mol. The smallest absolute Gasteiger partial charge is 0.205 e. The Hall–Kier alpha value is -2.26. The molecule has 0 bridgehead atoms. The highest BCUT2D eigenvalue weighted by atomic mass is 16.7. The number of aliphatic hydroxyl groups is 3. The van der Waals surface area contributed by atoms with Crippen LogP contribution in [0.4, 0.5) is 0 Å². The average Bonchev–Trinajstić information content (AvgIpc) is 3.68. The second-order valence-electron chi connectivity index (χ2n) is 9.57. The Balaban J connectivity index is 0.000000160. The maximum absolute atomic E-state index is 9.70. The molecule has 0 aromatic carbocycles. The van der Waals surface area contributed by atoms with Gasteiger partial charge in [0.1, 0.15) is 11.5 Å². The number of nitrogens with zero attached hydrogens (tertiary/aromatic N) is 2. The Morgan fingerprint density at radius 1 is 0.818 bits per heavy atom. The summed E-state index contributed by atoms with van der Waals surface area (Å²) in [6, 6.07) is 0. The number of ether oxygens (including phenoxy) is 2. The summed E-state index contributed by atoms with van der Waals surface area (Å²) >= 11 is 0. The molecule has 2 aromatic heterocycles. The van der Waals surface area contributed by atoms with Crippen LogP contribution in [-0.2, 0) is 31.2 Å². The molecule has 1 aliphatic heterocycles. The monoisotopic (exact) mass is 458 g/mol. The zero-order chi connectivity index (χ0) is 23.9. The van der Waals surface area contributed by atoms with Gasteiger partial charge in [0.25, 0.3) is 0 Å². The molecule has 0 unspecified atom stereocenters. The number of hydrogen-bond donors (Lipinski definition) is 4. The Bertz CT molecular complexity index is 1040. The van der Waals surface area contributed by atoms with Crippen molar-refractivity contribution in [1.82, 2.24) is 9.97 Å². The lowest BCUT2D eigenvalue weighted by Crippen LogP contribution is -2.36. The predicted molar refractivity (Wildman–Crippen MR) is 121 cm³/mol. The third-order valence-electron chi connectivity index (χ3n) is 6.47. The Morgan fingerprint density at radius 3 is 1.85 bits per heavy atom. The zero-order valence-electron chi connectivity index (χ0n) is 19.8. The normalized spacial score (nSPS) is 18.8. The van der Waals surface area contributed by atoms with E-state index < -0.39 is 5.79 Å². The van der Waals surface area contributed by atoms with Gasteiger partial charge >= 0.3 is 0 Å². The van der Waals surface area contributed by atoms with E-state index in [2.05, 4.69) is 9.97 Å². The molecule has 8 heteroatoms. The summed E-state index contributed by atoms with van der Waals surface area (Å²) in [7, 11) is 0. The summed E-state index contributed by atoms with van der Waals surface area (Å²) in [6.07, 6.45) is 4.50. The van der Waals surface area contributed by atoms with E-state index in [9.17, 15) is 20.4 Å². The SMILES string of the molecule is Cc1nc(C2CC2)c(CO)c(CO)c1O.Cc1nc(C2CC2)c(CO)c2c1OC(C)(C)OC2. The third kappa shape index (κ3) is 4.84. The van der Waals surface area contributed by atoms with Crippen LogP contribution >= 0.6 is 0 Å². The van der Waals surface area contributed by atoms with E-state index in [1.54, 1.807) is 6.92 Å². The van der Waals surface area contributed by atoms with Gasteiger partial charge in [-0.15, -0.1) is 0 Å². The van der Waals surface area contributed by atoms with Crippen molar-refractivity contribution in [2.45, 2.75) is 97.4 Å². The number of aromatic nitrogens is 2. The first-order valence-electron chi connectivity index (χ1n) is 11.6. The molecule has 180 valence electrons. The minimum absolute atomic E-state index is 0.00551. The molecule has 33 heavy (non-hydrogen) atoms. The van der Waals surface area contributed by atoms with Crippen LogP contribution in [-0.4, -0.2) is 36.2 Å². The first-order chi connectivity index (χ1) is 15.7. The second kappa shape index (κ2) is 9.18. The van der Waals surface area contributed by atoms with E-state index in [-0.39, 0.29) is 25.6 Å². The summed E-state index contributed by atoms with van der Waals surface area (Å²) in [5.41, 5.74) is 6.23. The van der Waals surface area contributed by atoms with Crippen molar-refractivity contribution in [2.24, 2.45) is 0 Å². The first kappa shape index (κ1) is 23.9. The molecule has 3 aliphatic rings. The maximum Gasteiger partial charge on any atom is 0.205 e. The van der Waals surface area contributed by atoms with E-state index >= 15 is 0 Å². The molecule has 2 fully saturated rings. The standard InChI is InChI=1S/C14H19NO3.C11H15NO3/c1-8-13-11(7-17-14(2,3)18-13)10(6-16)12(15-8)9-4-5-9;1-6-11(15)9(5-14)8(4-13)10(12-6)7-2-3-7/h9,16H,4-7H2,1-3H3;7,13-15H,2-5H2,1H3. The topological polar surface area (TPSA) is 125 Å². The van der Waals surface area contributed by atoms with Crippen molar-refractivity contribution in [1.29, 1.82) is 0 Å². The first-order valence-corrected chi connectivity index (χ1v) is 11.6. The number of fused-ring (bicyclic) bond motifs is 1. The predicted octanol–water partition coefficient (Wildman–Crippen LogP) is 3.36. The molecule has 5 rings (SSSR count). The van der Waals surface area contributed by atoms with Gasteiger partial charge in [0.05, 0.1) is 37.8 Å². The molecular formula is C25H34N2O6. The molecule has 2 aliphatic carbocycles. The highest BCUT2D eigenvalue weighted by Crippen LogP contribution is 2.45. The van der Waals surface area contributed by atoms with E-state index in [1.807, 2.05) is 20.8 Å². The third-order valence-corrected chi connectivity index (χ3v) is 6.47. The fourth-order valence-electron chi connectivity index (χ4n) is 4.35. The van der Waals surface area contributed by atoms with E-state index in [0.717, 1.165) is 46.8 Å². The number of aromatic hydroxyl groups is 1. The average molecular weight is 459 g/mol. The number of hydrogen-bond acceptors (Lipinski definition) is 8. The molecule has 0 atom stereocenters. The van der Waals surface area contributed by atoms with Gasteiger partial charge < -0.3 is 29.9 Å². The number of aryl methyl sites for hydroxylation is 2. The van der Waals surface area contributed by atoms with Gasteiger partial charge in [0, 0.05) is 59.3 Å². The highest BCUT2D eigenvalue weighted by Gasteiger charge is 2.35. The van der Waals surface area contributed by atoms with Gasteiger partial charge in [-0.1, -0.05) is 0 Å². The van der Waals surface area contributed by atoms with Crippen LogP contribution in [0.5, 0.6) is 11.5 Å². The van der Waals surface area contributed by atoms with Crippen LogP contribution in [0.1, 0.15) is 96.4 Å². The van der Waals surface area contributed by atoms with Gasteiger partial charge in [-0.3, -0.25) is 9.97 Å². The van der Waals surface area contributed by atoms with Crippen molar-refractivity contribution in [2.75, 3.05) is 0 Å². The quantitative estimate of drug-likeness (QED) is 0.538. The fourth-order valence-corrected chi connectivity index (χ4v) is 4.35. The lowest BCUT2D eigenvalue weighted by molar-refractivity contribution is -0.181. The summed E-state index contributed by atoms with van der Waals surface area (Å²) < 4.78 is 11.5. The lowest BCUT2D eigenvalue weighted by atomic mass is 10.0. The molecule has 0 radical (unpaired) electrons. The number of pyridine rings is 2. The maximum atomic E-state index is 9.70. The van der Waals surface area contributed by atoms with Crippen LogP contribution in [0, 0.1) is 13.8 Å². The van der Waals surface area contributed by atoms with Crippen molar-refractivity contribution in [3.05, 3.63) is 45.0 Å². The Morgan fingerprint density at radius 2 is 1.33 bits per heavy atom. The van der Waals surface area contributed by atoms with E-state index in [0.29, 0.717) is 35.3 Å². The minimum atomic E-state index is -0.618. The van der Waals surface area contributed by atoms with E-state index in [1.165, 1.54) is 12.8 Å². The Labute approximate surface area is 194 Å². The molecule has 2 aromatic rings. The van der Waals surface area contributed by atoms with Gasteiger partial charge in [0.2, 0.25) is 5.79 Å². The van der Waals surface area contributed by atoms with Crippen molar-refractivity contribution in [3.63, 3.8) is 0 Å². The van der Waals surface area contributed by atoms with Gasteiger partial charge in [-0.05, 0) is 39.5 Å². The lowest BCUT2D eigenvalue weighted by Gasteiger charge is -2.34.